The maximum Gasteiger partial charge on any atom is 0.265 e. The third-order valence-corrected chi connectivity index (χ3v) is 2.64. The first kappa shape index (κ1) is 14.1. The molecule has 0 saturated carbocycles. The quantitative estimate of drug-likeness (QED) is 0.476. The molecule has 1 heterocycles. The number of fused-ring (bicyclic) bond motifs is 1. The van der Waals surface area contributed by atoms with Crippen molar-refractivity contribution in [1.82, 2.24) is 4.90 Å². The Balaban J connectivity index is 0.00000144. The van der Waals surface area contributed by atoms with Gasteiger partial charge in [-0.15, -0.1) is 0 Å². The summed E-state index contributed by atoms with van der Waals surface area (Å²) in [7, 11) is 0. The number of hydrogen-bond acceptors (Lipinski definition) is 2. The first-order chi connectivity index (χ1) is 7.61. The van der Waals surface area contributed by atoms with E-state index in [1.807, 2.05) is 19.2 Å². The second-order valence-electron chi connectivity index (χ2n) is 4.25. The van der Waals surface area contributed by atoms with Crippen LogP contribution in [0.2, 0.25) is 0 Å². The molecule has 1 aromatic carbocycles. The molecule has 1 aliphatic heterocycles. The van der Waals surface area contributed by atoms with Crippen LogP contribution in [-0.2, 0) is 0 Å². The van der Waals surface area contributed by atoms with Crippen molar-refractivity contribution in [2.45, 2.75) is 19.9 Å². The second-order valence-corrected chi connectivity index (χ2v) is 4.25. The van der Waals surface area contributed by atoms with E-state index in [-0.39, 0.29) is 35.8 Å². The standard InChI is InChI=1S/C12H14N2O2.HI/c1-8(2)13-7-14-11(15)9-5-3-4-6-10(9)12(14)16;/h3-6,8,13H,7H2,1-2H3;1H. The van der Waals surface area contributed by atoms with Crippen LogP contribution in [0, 0.1) is 0 Å². The fraction of sp³-hybridized carbons (Fsp3) is 0.333. The van der Waals surface area contributed by atoms with Gasteiger partial charge < -0.3 is 29.3 Å². The fourth-order valence-corrected chi connectivity index (χ4v) is 1.72. The summed E-state index contributed by atoms with van der Waals surface area (Å²) in [5.74, 6) is -0.366. The van der Waals surface area contributed by atoms with Gasteiger partial charge in [0, 0.05) is 0 Å². The number of quaternary nitrogens is 1. The average molecular weight is 346 g/mol. The van der Waals surface area contributed by atoms with Crippen LogP contribution >= 0.6 is 0 Å². The normalized spacial score (nSPS) is 13.9. The molecule has 0 radical (unpaired) electrons. The highest BCUT2D eigenvalue weighted by Crippen LogP contribution is 2.20. The van der Waals surface area contributed by atoms with Crippen LogP contribution in [0.5, 0.6) is 0 Å². The van der Waals surface area contributed by atoms with Crippen molar-refractivity contribution in [1.29, 1.82) is 0 Å². The van der Waals surface area contributed by atoms with Crippen molar-refractivity contribution in [3.05, 3.63) is 35.4 Å². The van der Waals surface area contributed by atoms with Gasteiger partial charge in [-0.3, -0.25) is 9.59 Å². The van der Waals surface area contributed by atoms with Crippen LogP contribution in [0.1, 0.15) is 34.6 Å². The second kappa shape index (κ2) is 5.59. The third-order valence-electron chi connectivity index (χ3n) is 2.64. The van der Waals surface area contributed by atoms with Gasteiger partial charge in [0.05, 0.1) is 17.2 Å². The lowest BCUT2D eigenvalue weighted by atomic mass is 10.1. The minimum absolute atomic E-state index is 0. The van der Waals surface area contributed by atoms with Crippen molar-refractivity contribution in [3.8, 4) is 0 Å². The molecule has 0 fully saturated rings. The smallest absolute Gasteiger partial charge is 0.265 e. The van der Waals surface area contributed by atoms with E-state index in [0.29, 0.717) is 23.8 Å². The summed E-state index contributed by atoms with van der Waals surface area (Å²) in [6.07, 6.45) is 0. The summed E-state index contributed by atoms with van der Waals surface area (Å²) in [4.78, 5) is 25.1. The molecule has 5 heteroatoms. The number of imide groups is 1. The SMILES string of the molecule is CC(C)[NH2+]CN1C(=O)c2ccccc2C1=O.[I-]. The monoisotopic (exact) mass is 346 g/mol. The molecule has 4 nitrogen and oxygen atoms in total. The summed E-state index contributed by atoms with van der Waals surface area (Å²) in [5, 5.41) is 1.96. The topological polar surface area (TPSA) is 54.0 Å². The Morgan fingerprint density at radius 2 is 1.59 bits per heavy atom. The van der Waals surface area contributed by atoms with Crippen LogP contribution in [0.25, 0.3) is 0 Å². The molecule has 1 aromatic rings. The van der Waals surface area contributed by atoms with Crippen molar-refractivity contribution < 1.29 is 38.9 Å². The molecule has 0 saturated heterocycles. The predicted octanol–water partition coefficient (Wildman–Crippen LogP) is -2.78. The number of nitrogens with zero attached hydrogens (tertiary/aromatic N) is 1. The van der Waals surface area contributed by atoms with Gasteiger partial charge >= 0.3 is 0 Å². The zero-order valence-corrected chi connectivity index (χ0v) is 12.0. The molecule has 92 valence electrons. The lowest BCUT2D eigenvalue weighted by molar-refractivity contribution is -0.693. The fourth-order valence-electron chi connectivity index (χ4n) is 1.72. The lowest BCUT2D eigenvalue weighted by Gasteiger charge is -2.13. The van der Waals surface area contributed by atoms with Gasteiger partial charge in [0.1, 0.15) is 0 Å². The summed E-state index contributed by atoms with van der Waals surface area (Å²) >= 11 is 0. The molecular weight excluding hydrogens is 331 g/mol. The molecule has 0 spiro atoms. The van der Waals surface area contributed by atoms with Crippen molar-refractivity contribution >= 4 is 11.8 Å². The van der Waals surface area contributed by atoms with Crippen LogP contribution in [0.3, 0.4) is 0 Å². The maximum absolute atomic E-state index is 11.9. The van der Waals surface area contributed by atoms with E-state index in [4.69, 9.17) is 0 Å². The summed E-state index contributed by atoms with van der Waals surface area (Å²) in [5.41, 5.74) is 1.04. The molecular formula is C12H15IN2O2. The molecule has 17 heavy (non-hydrogen) atoms. The van der Waals surface area contributed by atoms with E-state index < -0.39 is 0 Å². The number of halogens is 1. The molecule has 0 aromatic heterocycles. The largest absolute Gasteiger partial charge is 1.00 e. The van der Waals surface area contributed by atoms with Gasteiger partial charge in [-0.05, 0) is 26.0 Å². The molecule has 2 N–H and O–H groups in total. The van der Waals surface area contributed by atoms with E-state index in [9.17, 15) is 9.59 Å². The maximum atomic E-state index is 11.9. The van der Waals surface area contributed by atoms with Gasteiger partial charge in [-0.25, -0.2) is 4.90 Å². The molecule has 0 atom stereocenters. The van der Waals surface area contributed by atoms with Gasteiger partial charge in [0.15, 0.2) is 6.67 Å². The molecule has 0 aliphatic carbocycles. The molecule has 2 amide bonds. The Hall–Kier alpha value is -0.950. The Labute approximate surface area is 117 Å². The Morgan fingerprint density at radius 3 is 2.00 bits per heavy atom. The van der Waals surface area contributed by atoms with Gasteiger partial charge in [0.25, 0.3) is 11.8 Å². The zero-order valence-electron chi connectivity index (χ0n) is 9.81. The number of nitrogens with two attached hydrogens (primary N) is 1. The van der Waals surface area contributed by atoms with Crippen molar-refractivity contribution in [3.63, 3.8) is 0 Å². The van der Waals surface area contributed by atoms with E-state index >= 15 is 0 Å². The van der Waals surface area contributed by atoms with Gasteiger partial charge in [-0.1, -0.05) is 12.1 Å². The number of amides is 2. The van der Waals surface area contributed by atoms with Crippen molar-refractivity contribution in [2.24, 2.45) is 0 Å². The third kappa shape index (κ3) is 2.66. The summed E-state index contributed by atoms with van der Waals surface area (Å²) < 4.78 is 0. The van der Waals surface area contributed by atoms with E-state index in [1.165, 1.54) is 4.90 Å². The number of carbonyl (C=O) groups is 2. The molecule has 2 rings (SSSR count). The number of carbonyl (C=O) groups excluding carboxylic acids is 2. The Kier molecular flexibility index (Phi) is 4.64. The first-order valence-electron chi connectivity index (χ1n) is 5.40. The number of hydrogen-bond donors (Lipinski definition) is 1. The van der Waals surface area contributed by atoms with Crippen LogP contribution in [0.15, 0.2) is 24.3 Å². The van der Waals surface area contributed by atoms with Crippen LogP contribution < -0.4 is 29.3 Å². The van der Waals surface area contributed by atoms with Crippen LogP contribution in [0.4, 0.5) is 0 Å². The molecule has 0 bridgehead atoms. The van der Waals surface area contributed by atoms with E-state index in [0.717, 1.165) is 0 Å². The highest BCUT2D eigenvalue weighted by Gasteiger charge is 2.35. The van der Waals surface area contributed by atoms with E-state index in [2.05, 4.69) is 0 Å². The van der Waals surface area contributed by atoms with Crippen molar-refractivity contribution in [2.75, 3.05) is 6.67 Å². The van der Waals surface area contributed by atoms with Gasteiger partial charge in [0.2, 0.25) is 0 Å². The summed E-state index contributed by atoms with van der Waals surface area (Å²) in [6.45, 7) is 4.44. The number of rotatable bonds is 3. The minimum Gasteiger partial charge on any atom is -1.00 e. The summed E-state index contributed by atoms with van der Waals surface area (Å²) in [6, 6.07) is 7.32. The zero-order chi connectivity index (χ0) is 11.7. The Bertz CT molecular complexity index is 411. The minimum atomic E-state index is -0.183. The van der Waals surface area contributed by atoms with E-state index in [1.54, 1.807) is 24.3 Å². The highest BCUT2D eigenvalue weighted by molar-refractivity contribution is 6.21. The molecule has 1 aliphatic rings. The first-order valence-corrected chi connectivity index (χ1v) is 5.40. The lowest BCUT2D eigenvalue weighted by Crippen LogP contribution is -3.00. The average Bonchev–Trinajstić information content (AvgIpc) is 2.50. The molecule has 0 unspecified atom stereocenters. The highest BCUT2D eigenvalue weighted by atomic mass is 127. The Morgan fingerprint density at radius 1 is 1.12 bits per heavy atom. The number of benzene rings is 1. The van der Waals surface area contributed by atoms with Crippen LogP contribution in [-0.4, -0.2) is 29.4 Å². The van der Waals surface area contributed by atoms with Gasteiger partial charge in [-0.2, -0.15) is 0 Å². The predicted molar refractivity (Wildman–Crippen MR) is 58.9 cm³/mol.